The first-order valence-corrected chi connectivity index (χ1v) is 4.45. The Balaban J connectivity index is 3.51. The number of hydrogen-bond acceptors (Lipinski definition) is 4. The van der Waals surface area contributed by atoms with E-state index in [0.29, 0.717) is 15.8 Å². The van der Waals surface area contributed by atoms with Gasteiger partial charge in [0.15, 0.2) is 0 Å². The number of carbonyl (C=O) groups excluding carboxylic acids is 2. The summed E-state index contributed by atoms with van der Waals surface area (Å²) >= 11 is 3.24. The molecule has 14 heavy (non-hydrogen) atoms. The molecule has 0 radical (unpaired) electrons. The zero-order valence-corrected chi connectivity index (χ0v) is 8.83. The molecular weight excluding hydrogens is 248 g/mol. The molecule has 0 heterocycles. The van der Waals surface area contributed by atoms with Crippen molar-refractivity contribution in [2.24, 2.45) is 9.98 Å². The van der Waals surface area contributed by atoms with Crippen LogP contribution in [0.15, 0.2) is 26.6 Å². The minimum Gasteiger partial charge on any atom is -0.211 e. The predicted octanol–water partition coefficient (Wildman–Crippen LogP) is 2.69. The number of benzene rings is 1. The monoisotopic (exact) mass is 252 g/mol. The molecule has 0 saturated heterocycles. The number of hydrogen-bond donors (Lipinski definition) is 0. The first kappa shape index (κ1) is 10.5. The minimum absolute atomic E-state index is 0.292. The molecular formula is C9H5BrN2O2. The quantitative estimate of drug-likeness (QED) is 0.600. The van der Waals surface area contributed by atoms with E-state index in [1.165, 1.54) is 12.2 Å². The average Bonchev–Trinajstić information content (AvgIpc) is 2.18. The van der Waals surface area contributed by atoms with Crippen LogP contribution in [0.3, 0.4) is 0 Å². The molecule has 0 unspecified atom stereocenters. The second-order valence-electron chi connectivity index (χ2n) is 2.47. The van der Waals surface area contributed by atoms with E-state index in [0.717, 1.165) is 5.56 Å². The fraction of sp³-hybridized carbons (Fsp3) is 0.111. The summed E-state index contributed by atoms with van der Waals surface area (Å²) in [5.41, 5.74) is 1.48. The topological polar surface area (TPSA) is 58.9 Å². The Hall–Kier alpha value is -1.54. The van der Waals surface area contributed by atoms with Gasteiger partial charge in [0.25, 0.3) is 0 Å². The molecule has 1 aromatic carbocycles. The Morgan fingerprint density at radius 2 is 1.86 bits per heavy atom. The number of nitrogens with zero attached hydrogens (tertiary/aromatic N) is 2. The Kier molecular flexibility index (Phi) is 3.48. The molecule has 0 fully saturated rings. The summed E-state index contributed by atoms with van der Waals surface area (Å²) in [6.07, 6.45) is 2.80. The minimum atomic E-state index is 0.292. The van der Waals surface area contributed by atoms with Crippen LogP contribution in [-0.2, 0) is 9.59 Å². The lowest BCUT2D eigenvalue weighted by Gasteiger charge is -2.02. The first-order chi connectivity index (χ1) is 6.70. The van der Waals surface area contributed by atoms with Gasteiger partial charge < -0.3 is 0 Å². The van der Waals surface area contributed by atoms with Crippen LogP contribution in [0.2, 0.25) is 0 Å². The van der Waals surface area contributed by atoms with Crippen molar-refractivity contribution < 1.29 is 9.59 Å². The summed E-state index contributed by atoms with van der Waals surface area (Å²) in [5, 5.41) is 0. The Bertz CT molecular complexity index is 458. The highest BCUT2D eigenvalue weighted by Gasteiger charge is 2.07. The van der Waals surface area contributed by atoms with Gasteiger partial charge >= 0.3 is 0 Å². The predicted molar refractivity (Wildman–Crippen MR) is 54.4 cm³/mol. The smallest absolute Gasteiger partial charge is 0.211 e. The van der Waals surface area contributed by atoms with Gasteiger partial charge in [-0.3, -0.25) is 0 Å². The molecule has 0 amide bonds. The largest absolute Gasteiger partial charge is 0.240 e. The molecule has 0 aliphatic heterocycles. The molecule has 5 heteroatoms. The summed E-state index contributed by atoms with van der Waals surface area (Å²) < 4.78 is 0.623. The van der Waals surface area contributed by atoms with Crippen LogP contribution in [0, 0.1) is 6.92 Å². The van der Waals surface area contributed by atoms with Crippen LogP contribution in [0.5, 0.6) is 0 Å². The maximum absolute atomic E-state index is 10.1. The van der Waals surface area contributed by atoms with Crippen LogP contribution in [0.25, 0.3) is 0 Å². The van der Waals surface area contributed by atoms with E-state index < -0.39 is 0 Å². The Morgan fingerprint density at radius 1 is 1.21 bits per heavy atom. The van der Waals surface area contributed by atoms with Crippen molar-refractivity contribution in [1.29, 1.82) is 0 Å². The molecule has 70 valence electrons. The van der Waals surface area contributed by atoms with Crippen LogP contribution >= 0.6 is 15.9 Å². The fourth-order valence-electron chi connectivity index (χ4n) is 0.947. The normalized spacial score (nSPS) is 8.71. The highest BCUT2D eigenvalue weighted by atomic mass is 79.9. The molecule has 0 N–H and O–H groups in total. The first-order valence-electron chi connectivity index (χ1n) is 3.65. The average molecular weight is 253 g/mol. The van der Waals surface area contributed by atoms with Crippen molar-refractivity contribution in [3.8, 4) is 0 Å². The van der Waals surface area contributed by atoms with Crippen LogP contribution in [-0.4, -0.2) is 12.2 Å². The third-order valence-corrected chi connectivity index (χ3v) is 2.61. The molecule has 0 aromatic heterocycles. The molecule has 0 aliphatic carbocycles. The van der Waals surface area contributed by atoms with E-state index in [9.17, 15) is 9.59 Å². The number of isocyanates is 2. The van der Waals surface area contributed by atoms with E-state index >= 15 is 0 Å². The summed E-state index contributed by atoms with van der Waals surface area (Å²) in [7, 11) is 0. The van der Waals surface area contributed by atoms with E-state index in [1.54, 1.807) is 12.1 Å². The van der Waals surface area contributed by atoms with Crippen molar-refractivity contribution in [3.63, 3.8) is 0 Å². The highest BCUT2D eigenvalue weighted by molar-refractivity contribution is 9.10. The molecule has 0 aliphatic rings. The summed E-state index contributed by atoms with van der Waals surface area (Å²) in [6.45, 7) is 1.84. The van der Waals surface area contributed by atoms with E-state index in [-0.39, 0.29) is 0 Å². The lowest BCUT2D eigenvalue weighted by molar-refractivity contribution is 0.564. The van der Waals surface area contributed by atoms with Crippen molar-refractivity contribution in [3.05, 3.63) is 22.2 Å². The lowest BCUT2D eigenvalue weighted by atomic mass is 10.2. The van der Waals surface area contributed by atoms with E-state index in [4.69, 9.17) is 0 Å². The van der Waals surface area contributed by atoms with Gasteiger partial charge in [-0.15, -0.1) is 0 Å². The van der Waals surface area contributed by atoms with Crippen molar-refractivity contribution >= 4 is 39.5 Å². The zero-order chi connectivity index (χ0) is 10.6. The van der Waals surface area contributed by atoms with Crippen molar-refractivity contribution in [2.75, 3.05) is 0 Å². The van der Waals surface area contributed by atoms with Crippen molar-refractivity contribution in [2.45, 2.75) is 6.92 Å². The Labute approximate surface area is 88.5 Å². The SMILES string of the molecule is Cc1ccc(N=C=O)c(N=C=O)c1Br. The maximum atomic E-state index is 10.1. The maximum Gasteiger partial charge on any atom is 0.240 e. The van der Waals surface area contributed by atoms with Gasteiger partial charge in [-0.2, -0.15) is 9.98 Å². The third-order valence-electron chi connectivity index (χ3n) is 1.61. The molecule has 4 nitrogen and oxygen atoms in total. The molecule has 0 spiro atoms. The van der Waals surface area contributed by atoms with E-state index in [1.807, 2.05) is 6.92 Å². The van der Waals surface area contributed by atoms with Gasteiger partial charge in [-0.25, -0.2) is 9.59 Å². The molecule has 1 rings (SSSR count). The summed E-state index contributed by atoms with van der Waals surface area (Å²) in [5.74, 6) is 0. The number of halogens is 1. The number of aliphatic imine (C=N–C) groups is 2. The van der Waals surface area contributed by atoms with Gasteiger partial charge in [0.2, 0.25) is 12.2 Å². The zero-order valence-electron chi connectivity index (χ0n) is 7.24. The fourth-order valence-corrected chi connectivity index (χ4v) is 1.37. The second kappa shape index (κ2) is 4.63. The summed E-state index contributed by atoms with van der Waals surface area (Å²) in [6, 6.07) is 3.34. The number of rotatable bonds is 2. The molecule has 0 bridgehead atoms. The number of aryl methyl sites for hydroxylation is 1. The van der Waals surface area contributed by atoms with Crippen LogP contribution in [0.1, 0.15) is 5.56 Å². The standard InChI is InChI=1S/C9H5BrN2O2/c1-6-2-3-7(11-4-13)9(8(6)10)12-5-14/h2-3H,1H3. The molecule has 0 atom stereocenters. The second-order valence-corrected chi connectivity index (χ2v) is 3.26. The van der Waals surface area contributed by atoms with Crippen LogP contribution in [0.4, 0.5) is 11.4 Å². The van der Waals surface area contributed by atoms with Gasteiger partial charge in [0.05, 0.1) is 0 Å². The van der Waals surface area contributed by atoms with Gasteiger partial charge in [0.1, 0.15) is 11.4 Å². The lowest BCUT2D eigenvalue weighted by Crippen LogP contribution is -1.77. The van der Waals surface area contributed by atoms with Gasteiger partial charge in [-0.05, 0) is 34.5 Å². The Morgan fingerprint density at radius 3 is 2.43 bits per heavy atom. The highest BCUT2D eigenvalue weighted by Crippen LogP contribution is 2.37. The van der Waals surface area contributed by atoms with Gasteiger partial charge in [0, 0.05) is 4.47 Å². The molecule has 1 aromatic rings. The van der Waals surface area contributed by atoms with Gasteiger partial charge in [-0.1, -0.05) is 6.07 Å². The van der Waals surface area contributed by atoms with Crippen LogP contribution < -0.4 is 0 Å². The van der Waals surface area contributed by atoms with Crippen molar-refractivity contribution in [1.82, 2.24) is 0 Å². The molecule has 0 saturated carbocycles. The van der Waals surface area contributed by atoms with E-state index in [2.05, 4.69) is 25.9 Å². The summed E-state index contributed by atoms with van der Waals surface area (Å²) in [4.78, 5) is 27.1. The third kappa shape index (κ3) is 2.03.